The number of hydrogen-bond donors (Lipinski definition) is 0. The van der Waals surface area contributed by atoms with Gasteiger partial charge in [0.05, 0.1) is 32.0 Å². The Labute approximate surface area is 134 Å². The monoisotopic (exact) mass is 314 g/mol. The maximum Gasteiger partial charge on any atom is 0.337 e. The van der Waals surface area contributed by atoms with Crippen LogP contribution in [0.3, 0.4) is 0 Å². The molecule has 0 heterocycles. The van der Waals surface area contributed by atoms with E-state index in [2.05, 4.69) is 0 Å². The average Bonchev–Trinajstić information content (AvgIpc) is 2.60. The van der Waals surface area contributed by atoms with E-state index in [0.29, 0.717) is 29.2 Å². The second-order valence-corrected chi connectivity index (χ2v) is 4.68. The first-order valence-corrected chi connectivity index (χ1v) is 7.14. The molecule has 0 N–H and O–H groups in total. The van der Waals surface area contributed by atoms with E-state index in [1.54, 1.807) is 30.3 Å². The Hall–Kier alpha value is -2.82. The number of esters is 1. The number of benzene rings is 2. The van der Waals surface area contributed by atoms with Crippen LogP contribution in [-0.4, -0.2) is 33.1 Å². The predicted octanol–water partition coefficient (Wildman–Crippen LogP) is 3.36. The van der Waals surface area contributed by atoms with Crippen molar-refractivity contribution in [3.8, 4) is 22.6 Å². The summed E-state index contributed by atoms with van der Waals surface area (Å²) in [6.07, 6.45) is 0.742. The van der Waals surface area contributed by atoms with E-state index in [4.69, 9.17) is 14.2 Å². The summed E-state index contributed by atoms with van der Waals surface area (Å²) < 4.78 is 15.8. The Morgan fingerprint density at radius 2 is 1.91 bits per heavy atom. The molecule has 0 bridgehead atoms. The molecule has 0 unspecified atom stereocenters. The molecule has 0 spiro atoms. The van der Waals surface area contributed by atoms with Crippen LogP contribution in [0.5, 0.6) is 11.5 Å². The highest BCUT2D eigenvalue weighted by atomic mass is 16.5. The van der Waals surface area contributed by atoms with Crippen LogP contribution in [0, 0.1) is 0 Å². The van der Waals surface area contributed by atoms with Gasteiger partial charge in [-0.15, -0.1) is 0 Å². The lowest BCUT2D eigenvalue weighted by molar-refractivity contribution is 0.0600. The molecule has 2 aromatic carbocycles. The lowest BCUT2D eigenvalue weighted by Crippen LogP contribution is -2.03. The van der Waals surface area contributed by atoms with Gasteiger partial charge in [-0.3, -0.25) is 4.79 Å². The fourth-order valence-corrected chi connectivity index (χ4v) is 2.35. The third-order valence-corrected chi connectivity index (χ3v) is 3.37. The van der Waals surface area contributed by atoms with Crippen molar-refractivity contribution in [2.45, 2.75) is 6.92 Å². The minimum Gasteiger partial charge on any atom is -0.495 e. The molecule has 0 amide bonds. The van der Waals surface area contributed by atoms with E-state index in [0.717, 1.165) is 17.4 Å². The fourth-order valence-electron chi connectivity index (χ4n) is 2.35. The van der Waals surface area contributed by atoms with Crippen LogP contribution in [0.2, 0.25) is 0 Å². The quantitative estimate of drug-likeness (QED) is 0.604. The Morgan fingerprint density at radius 1 is 1.13 bits per heavy atom. The molecule has 0 saturated heterocycles. The number of aldehydes is 1. The molecule has 0 atom stereocenters. The molecule has 5 heteroatoms. The van der Waals surface area contributed by atoms with Gasteiger partial charge in [-0.25, -0.2) is 4.79 Å². The summed E-state index contributed by atoms with van der Waals surface area (Å²) in [7, 11) is 2.84. The van der Waals surface area contributed by atoms with Gasteiger partial charge < -0.3 is 14.2 Å². The average molecular weight is 314 g/mol. The third kappa shape index (κ3) is 3.34. The van der Waals surface area contributed by atoms with Gasteiger partial charge in [0.2, 0.25) is 0 Å². The number of hydrogen-bond acceptors (Lipinski definition) is 5. The van der Waals surface area contributed by atoms with Gasteiger partial charge in [0.15, 0.2) is 6.29 Å². The van der Waals surface area contributed by atoms with Gasteiger partial charge >= 0.3 is 5.97 Å². The fraction of sp³-hybridized carbons (Fsp3) is 0.222. The van der Waals surface area contributed by atoms with Gasteiger partial charge in [-0.2, -0.15) is 0 Å². The molecular formula is C18H18O5. The molecule has 0 fully saturated rings. The molecule has 0 aliphatic rings. The standard InChI is InChI=1S/C18H18O5/c1-4-23-16-10-12(18(20)22-3)8-9-14(16)15-7-5-6-13(11-19)17(15)21-2/h5-11H,4H2,1-3H3. The SMILES string of the molecule is CCOc1cc(C(=O)OC)ccc1-c1cccc(C=O)c1OC. The van der Waals surface area contributed by atoms with Crippen LogP contribution >= 0.6 is 0 Å². The zero-order valence-corrected chi connectivity index (χ0v) is 13.3. The van der Waals surface area contributed by atoms with Crippen LogP contribution in [0.15, 0.2) is 36.4 Å². The molecule has 0 radical (unpaired) electrons. The number of para-hydroxylation sites is 1. The van der Waals surface area contributed by atoms with Crippen LogP contribution in [0.4, 0.5) is 0 Å². The predicted molar refractivity (Wildman–Crippen MR) is 86.3 cm³/mol. The van der Waals surface area contributed by atoms with Gasteiger partial charge in [-0.1, -0.05) is 12.1 Å². The summed E-state index contributed by atoms with van der Waals surface area (Å²) in [5.74, 6) is 0.553. The first-order chi connectivity index (χ1) is 11.2. The first kappa shape index (κ1) is 16.5. The van der Waals surface area contributed by atoms with Crippen LogP contribution in [-0.2, 0) is 4.74 Å². The third-order valence-electron chi connectivity index (χ3n) is 3.37. The highest BCUT2D eigenvalue weighted by Crippen LogP contribution is 2.38. The Bertz CT molecular complexity index is 721. The summed E-state index contributed by atoms with van der Waals surface area (Å²) in [5.41, 5.74) is 2.30. The van der Waals surface area contributed by atoms with E-state index in [-0.39, 0.29) is 0 Å². The number of rotatable bonds is 6. The van der Waals surface area contributed by atoms with Crippen molar-refractivity contribution in [2.24, 2.45) is 0 Å². The zero-order chi connectivity index (χ0) is 16.8. The molecule has 2 rings (SSSR count). The van der Waals surface area contributed by atoms with E-state index < -0.39 is 5.97 Å². The first-order valence-electron chi connectivity index (χ1n) is 7.14. The van der Waals surface area contributed by atoms with Crippen molar-refractivity contribution in [2.75, 3.05) is 20.8 Å². The Balaban J connectivity index is 2.63. The van der Waals surface area contributed by atoms with E-state index >= 15 is 0 Å². The second-order valence-electron chi connectivity index (χ2n) is 4.68. The van der Waals surface area contributed by atoms with Gasteiger partial charge in [0.25, 0.3) is 0 Å². The van der Waals surface area contributed by atoms with Crippen molar-refractivity contribution in [3.63, 3.8) is 0 Å². The maximum absolute atomic E-state index is 11.7. The van der Waals surface area contributed by atoms with E-state index in [1.807, 2.05) is 13.0 Å². The largest absolute Gasteiger partial charge is 0.495 e. The molecule has 0 aromatic heterocycles. The van der Waals surface area contributed by atoms with Crippen molar-refractivity contribution < 1.29 is 23.8 Å². The van der Waals surface area contributed by atoms with Gasteiger partial charge in [-0.05, 0) is 31.2 Å². The summed E-state index contributed by atoms with van der Waals surface area (Å²) in [6.45, 7) is 2.29. The Kier molecular flexibility index (Phi) is 5.36. The number of carbonyl (C=O) groups is 2. The second kappa shape index (κ2) is 7.45. The van der Waals surface area contributed by atoms with Crippen molar-refractivity contribution in [1.29, 1.82) is 0 Å². The minimum atomic E-state index is -0.439. The van der Waals surface area contributed by atoms with Crippen LogP contribution < -0.4 is 9.47 Å². The molecule has 5 nitrogen and oxygen atoms in total. The van der Waals surface area contributed by atoms with Crippen molar-refractivity contribution >= 4 is 12.3 Å². The molecule has 23 heavy (non-hydrogen) atoms. The maximum atomic E-state index is 11.7. The van der Waals surface area contributed by atoms with Gasteiger partial charge in [0, 0.05) is 11.1 Å². The molecule has 0 aliphatic heterocycles. The summed E-state index contributed by atoms with van der Waals surface area (Å²) in [6, 6.07) is 10.3. The number of methoxy groups -OCH3 is 2. The minimum absolute atomic E-state index is 0.394. The zero-order valence-electron chi connectivity index (χ0n) is 13.3. The van der Waals surface area contributed by atoms with Crippen LogP contribution in [0.25, 0.3) is 11.1 Å². The Morgan fingerprint density at radius 3 is 2.52 bits per heavy atom. The highest BCUT2D eigenvalue weighted by Gasteiger charge is 2.17. The van der Waals surface area contributed by atoms with Crippen LogP contribution in [0.1, 0.15) is 27.6 Å². The van der Waals surface area contributed by atoms with Crippen molar-refractivity contribution in [3.05, 3.63) is 47.5 Å². The van der Waals surface area contributed by atoms with Crippen molar-refractivity contribution in [1.82, 2.24) is 0 Å². The lowest BCUT2D eigenvalue weighted by Gasteiger charge is -2.15. The summed E-state index contributed by atoms with van der Waals surface area (Å²) >= 11 is 0. The highest BCUT2D eigenvalue weighted by molar-refractivity contribution is 5.92. The summed E-state index contributed by atoms with van der Waals surface area (Å²) in [5, 5.41) is 0. The number of carbonyl (C=O) groups excluding carboxylic acids is 2. The topological polar surface area (TPSA) is 61.8 Å². The lowest BCUT2D eigenvalue weighted by atomic mass is 9.99. The molecular weight excluding hydrogens is 296 g/mol. The molecule has 0 aliphatic carbocycles. The smallest absolute Gasteiger partial charge is 0.337 e. The number of ether oxygens (including phenoxy) is 3. The normalized spacial score (nSPS) is 10.0. The van der Waals surface area contributed by atoms with Gasteiger partial charge in [0.1, 0.15) is 11.5 Å². The summed E-state index contributed by atoms with van der Waals surface area (Å²) in [4.78, 5) is 22.9. The van der Waals surface area contributed by atoms with E-state index in [1.165, 1.54) is 14.2 Å². The molecule has 120 valence electrons. The van der Waals surface area contributed by atoms with E-state index in [9.17, 15) is 9.59 Å². The molecule has 0 saturated carbocycles. The molecule has 2 aromatic rings.